The molecule has 0 amide bonds. The van der Waals surface area contributed by atoms with Crippen LogP contribution in [0.25, 0.3) is 0 Å². The Kier molecular flexibility index (Phi) is 43.8. The van der Waals surface area contributed by atoms with Gasteiger partial charge in [-0.15, -0.1) is 0 Å². The van der Waals surface area contributed by atoms with Gasteiger partial charge < -0.3 is 25.6 Å². The third kappa shape index (κ3) is 51.1. The lowest BCUT2D eigenvalue weighted by atomic mass is 10.2. The van der Waals surface area contributed by atoms with Crippen molar-refractivity contribution in [2.45, 2.75) is 117 Å². The summed E-state index contributed by atoms with van der Waals surface area (Å²) in [6.45, 7) is 9.56. The second kappa shape index (κ2) is 45.3. The number of hydrogen-bond donors (Lipinski definition) is 3. The smallest absolute Gasteiger partial charge is 0.303 e. The monoisotopic (exact) mass is 692 g/mol. The second-order valence-electron chi connectivity index (χ2n) is 11.7. The predicted molar refractivity (Wildman–Crippen MR) is 213 cm³/mol. The van der Waals surface area contributed by atoms with Gasteiger partial charge in [0.1, 0.15) is 26.2 Å². The normalized spacial score (nSPS) is 14.1. The van der Waals surface area contributed by atoms with Crippen LogP contribution in [0.2, 0.25) is 0 Å². The maximum atomic E-state index is 10.3. The molecule has 0 aliphatic carbocycles. The minimum Gasteiger partial charge on any atom is -0.550 e. The van der Waals surface area contributed by atoms with E-state index in [4.69, 9.17) is 5.11 Å². The van der Waals surface area contributed by atoms with E-state index in [1.807, 2.05) is 6.08 Å². The highest BCUT2D eigenvalue weighted by Crippen LogP contribution is 2.00. The predicted octanol–water partition coefficient (Wildman–Crippen LogP) is 7.78. The van der Waals surface area contributed by atoms with Crippen molar-refractivity contribution in [2.75, 3.05) is 26.2 Å². The molecule has 0 saturated carbocycles. The van der Waals surface area contributed by atoms with Crippen molar-refractivity contribution in [2.24, 2.45) is 0 Å². The highest BCUT2D eigenvalue weighted by atomic mass is 16.4. The van der Waals surface area contributed by atoms with Crippen LogP contribution in [0.15, 0.2) is 122 Å². The summed E-state index contributed by atoms with van der Waals surface area (Å²) >= 11 is 0. The molecule has 6 nitrogen and oxygen atoms in total. The summed E-state index contributed by atoms with van der Waals surface area (Å²) in [6, 6.07) is 0. The number of piperazine rings is 1. The van der Waals surface area contributed by atoms with Crippen LogP contribution in [0.4, 0.5) is 0 Å². The Balaban J connectivity index is 0. The average Bonchev–Trinajstić information content (AvgIpc) is 3.12. The summed E-state index contributed by atoms with van der Waals surface area (Å²) in [5.41, 5.74) is 0. The number of rotatable bonds is 26. The van der Waals surface area contributed by atoms with E-state index < -0.39 is 11.9 Å². The first-order valence-electron chi connectivity index (χ1n) is 19.1. The van der Waals surface area contributed by atoms with Gasteiger partial charge in [0.05, 0.1) is 0 Å². The minimum atomic E-state index is -0.965. The molecule has 5 N–H and O–H groups in total. The summed E-state index contributed by atoms with van der Waals surface area (Å²) in [4.78, 5) is 20.5. The zero-order valence-corrected chi connectivity index (χ0v) is 31.5. The molecule has 0 spiro atoms. The van der Waals surface area contributed by atoms with Gasteiger partial charge in [-0.3, -0.25) is 4.79 Å². The molecule has 0 atom stereocenters. The van der Waals surface area contributed by atoms with Crippen molar-refractivity contribution in [1.29, 1.82) is 0 Å². The Hall–Kier alpha value is -3.74. The highest BCUT2D eigenvalue weighted by molar-refractivity contribution is 5.66. The van der Waals surface area contributed by atoms with E-state index in [2.05, 4.69) is 140 Å². The molecule has 1 aliphatic rings. The quantitative estimate of drug-likeness (QED) is 0.0636. The molecule has 1 fully saturated rings. The zero-order chi connectivity index (χ0) is 36.9. The van der Waals surface area contributed by atoms with Gasteiger partial charge in [0.2, 0.25) is 0 Å². The molecule has 0 bridgehead atoms. The Bertz CT molecular complexity index is 964. The molecule has 0 aromatic rings. The Morgan fingerprint density at radius 1 is 0.460 bits per heavy atom. The molecule has 1 rings (SSSR count). The van der Waals surface area contributed by atoms with Crippen molar-refractivity contribution >= 4 is 11.9 Å². The maximum Gasteiger partial charge on any atom is 0.303 e. The van der Waals surface area contributed by atoms with Crippen molar-refractivity contribution in [1.82, 2.24) is 0 Å². The van der Waals surface area contributed by atoms with Crippen molar-refractivity contribution < 1.29 is 30.4 Å². The molecular weight excluding hydrogens is 620 g/mol. The van der Waals surface area contributed by atoms with Crippen LogP contribution in [-0.2, 0) is 9.59 Å². The van der Waals surface area contributed by atoms with Gasteiger partial charge in [-0.05, 0) is 96.3 Å². The topological polar surface area (TPSA) is 111 Å². The summed E-state index contributed by atoms with van der Waals surface area (Å²) in [5.74, 6) is -1.68. The van der Waals surface area contributed by atoms with Crippen LogP contribution in [0.5, 0.6) is 0 Å². The van der Waals surface area contributed by atoms with E-state index in [0.29, 0.717) is 6.42 Å². The number of aliphatic carboxylic acids is 2. The Morgan fingerprint density at radius 3 is 0.960 bits per heavy atom. The molecule has 280 valence electrons. The fraction of sp³-hybridized carbons (Fsp3) is 0.500. The molecule has 0 aromatic carbocycles. The Labute approximate surface area is 306 Å². The lowest BCUT2D eigenvalue weighted by Gasteiger charge is -2.04. The maximum absolute atomic E-state index is 10.3. The van der Waals surface area contributed by atoms with Gasteiger partial charge >= 0.3 is 5.97 Å². The average molecular weight is 692 g/mol. The van der Waals surface area contributed by atoms with Crippen molar-refractivity contribution in [3.05, 3.63) is 122 Å². The number of carbonyl (C=O) groups excluding carboxylic acids is 1. The number of nitrogens with two attached hydrogens (primary N) is 2. The van der Waals surface area contributed by atoms with Crippen LogP contribution in [-0.4, -0.2) is 43.2 Å². The Morgan fingerprint density at radius 2 is 0.720 bits per heavy atom. The van der Waals surface area contributed by atoms with Gasteiger partial charge in [-0.2, -0.15) is 0 Å². The van der Waals surface area contributed by atoms with Gasteiger partial charge in [0.15, 0.2) is 0 Å². The number of hydrogen-bond acceptors (Lipinski definition) is 3. The van der Waals surface area contributed by atoms with E-state index in [9.17, 15) is 14.7 Å². The largest absolute Gasteiger partial charge is 0.550 e. The first-order chi connectivity index (χ1) is 24.5. The minimum absolute atomic E-state index is 0.147. The molecule has 50 heavy (non-hydrogen) atoms. The van der Waals surface area contributed by atoms with E-state index >= 15 is 0 Å². The van der Waals surface area contributed by atoms with E-state index in [1.165, 1.54) is 26.2 Å². The van der Waals surface area contributed by atoms with Crippen LogP contribution >= 0.6 is 0 Å². The number of quaternary nitrogens is 2. The van der Waals surface area contributed by atoms with E-state index in [0.717, 1.165) is 83.5 Å². The number of carboxylic acids is 2. The van der Waals surface area contributed by atoms with Crippen LogP contribution in [0.1, 0.15) is 117 Å². The van der Waals surface area contributed by atoms with E-state index in [1.54, 1.807) is 0 Å². The molecule has 1 heterocycles. The molecule has 6 heteroatoms. The first kappa shape index (κ1) is 48.4. The number of unbranched alkanes of at least 4 members (excludes halogenated alkanes) is 2. The molecule has 0 radical (unpaired) electrons. The van der Waals surface area contributed by atoms with E-state index in [-0.39, 0.29) is 12.8 Å². The summed E-state index contributed by atoms with van der Waals surface area (Å²) < 4.78 is 0. The molecule has 0 aromatic heterocycles. The van der Waals surface area contributed by atoms with Gasteiger partial charge in [0.25, 0.3) is 0 Å². The third-order valence-corrected chi connectivity index (χ3v) is 6.98. The molecule has 1 aliphatic heterocycles. The van der Waals surface area contributed by atoms with Gasteiger partial charge in [-0.25, -0.2) is 0 Å². The van der Waals surface area contributed by atoms with Gasteiger partial charge in [-0.1, -0.05) is 135 Å². The van der Waals surface area contributed by atoms with Gasteiger partial charge in [0, 0.05) is 12.4 Å². The van der Waals surface area contributed by atoms with Crippen LogP contribution in [0.3, 0.4) is 0 Å². The van der Waals surface area contributed by atoms with Crippen molar-refractivity contribution in [3.8, 4) is 0 Å². The third-order valence-electron chi connectivity index (χ3n) is 6.98. The number of allylic oxidation sites excluding steroid dienone is 20. The highest BCUT2D eigenvalue weighted by Gasteiger charge is 1.99. The fourth-order valence-corrected chi connectivity index (χ4v) is 4.23. The first-order valence-corrected chi connectivity index (χ1v) is 19.1. The van der Waals surface area contributed by atoms with Crippen LogP contribution in [0, 0.1) is 0 Å². The summed E-state index contributed by atoms with van der Waals surface area (Å²) in [6.07, 6.45) is 56.5. The second-order valence-corrected chi connectivity index (χ2v) is 11.7. The molecule has 0 unspecified atom stereocenters. The standard InChI is InChI=1S/2C20H30O2.C4H10N2/c2*1-2-3-4-5-6-7-8-9-10-11-12-13-14-15-16-17-18-19-20(21)22;1-2-6-4-3-5-1/h2*3-4,6-7,9-10,12-13,15-16H,2,5,8,11,14,17-19H2,1H3,(H,21,22);5-6H,1-4H2/p+1/b2*4-3-,7-6-,10-9-,13-12-,16-15-;. The number of carbonyl (C=O) groups is 2. The fourth-order valence-electron chi connectivity index (χ4n) is 4.23. The lowest BCUT2D eigenvalue weighted by molar-refractivity contribution is -0.787. The summed E-state index contributed by atoms with van der Waals surface area (Å²) in [7, 11) is 0. The van der Waals surface area contributed by atoms with Crippen molar-refractivity contribution in [3.63, 3.8) is 0 Å². The van der Waals surface area contributed by atoms with Crippen LogP contribution < -0.4 is 15.7 Å². The molecular formula is C44H71N2O4+. The number of carboxylic acid groups (broad SMARTS) is 2. The zero-order valence-electron chi connectivity index (χ0n) is 31.5. The lowest BCUT2D eigenvalue weighted by Crippen LogP contribution is -3.04. The molecule has 1 saturated heterocycles. The SMILES string of the molecule is C1C[NH2+]CC[NH2+]1.CC/C=C\C/C=C\C/C=C\C/C=C\C/C=C\CCCC(=O)O.CC/C=C\C/C=C\C/C=C\C/C=C\C/C=C\CCCC(=O)[O-]. The summed E-state index contributed by atoms with van der Waals surface area (Å²) in [5, 5.41) is 23.4.